The molecule has 1 N–H and O–H groups in total. The van der Waals surface area contributed by atoms with Crippen molar-refractivity contribution in [2.45, 2.75) is 84.3 Å². The fourth-order valence-electron chi connectivity index (χ4n) is 4.39. The molecule has 0 aromatic heterocycles. The van der Waals surface area contributed by atoms with Gasteiger partial charge in [-0.2, -0.15) is 5.06 Å². The molecule has 1 aromatic rings. The summed E-state index contributed by atoms with van der Waals surface area (Å²) in [6, 6.07) is 10.6. The standard InChI is InChI=1S/C24H38N2O2/c1-8-23(6)17-21(25-22(27)18(3)4)19(5)24(7,9-2)26(23)28-16-15-20-13-11-10-12-14-20/h10-14,19,21H,3,8-9,15-17H2,1-2,4-7H3,(H,25,27). The average molecular weight is 387 g/mol. The van der Waals surface area contributed by atoms with Gasteiger partial charge < -0.3 is 5.32 Å². The van der Waals surface area contributed by atoms with Crippen LogP contribution in [0, 0.1) is 5.92 Å². The van der Waals surface area contributed by atoms with Crippen LogP contribution in [0.2, 0.25) is 0 Å². The van der Waals surface area contributed by atoms with Crippen LogP contribution in [0.1, 0.15) is 66.4 Å². The van der Waals surface area contributed by atoms with Gasteiger partial charge in [0.15, 0.2) is 0 Å². The van der Waals surface area contributed by atoms with E-state index in [0.717, 1.165) is 25.7 Å². The molecule has 4 unspecified atom stereocenters. The van der Waals surface area contributed by atoms with E-state index in [4.69, 9.17) is 4.84 Å². The first-order chi connectivity index (χ1) is 13.2. The van der Waals surface area contributed by atoms with Gasteiger partial charge in [0.05, 0.1) is 6.61 Å². The molecule has 4 heteroatoms. The number of hydrogen-bond donors (Lipinski definition) is 1. The van der Waals surface area contributed by atoms with Gasteiger partial charge in [-0.05, 0) is 57.9 Å². The number of rotatable bonds is 8. The number of piperidine rings is 1. The summed E-state index contributed by atoms with van der Waals surface area (Å²) in [7, 11) is 0. The molecule has 4 atom stereocenters. The SMILES string of the molecule is C=C(C)C(=O)NC1CC(C)(CC)N(OCCc2ccccc2)C(C)(CC)C1C. The first-order valence-corrected chi connectivity index (χ1v) is 10.6. The van der Waals surface area contributed by atoms with Gasteiger partial charge in [-0.25, -0.2) is 0 Å². The summed E-state index contributed by atoms with van der Waals surface area (Å²) in [4.78, 5) is 18.8. The highest BCUT2D eigenvalue weighted by Crippen LogP contribution is 2.45. The Morgan fingerprint density at radius 1 is 1.25 bits per heavy atom. The van der Waals surface area contributed by atoms with Crippen LogP contribution in [0.4, 0.5) is 0 Å². The Hall–Kier alpha value is -1.65. The van der Waals surface area contributed by atoms with Gasteiger partial charge in [-0.1, -0.05) is 57.7 Å². The van der Waals surface area contributed by atoms with E-state index in [-0.39, 0.29) is 28.9 Å². The van der Waals surface area contributed by atoms with Crippen LogP contribution in [0.25, 0.3) is 0 Å². The molecule has 1 aliphatic heterocycles. The van der Waals surface area contributed by atoms with E-state index in [1.165, 1.54) is 5.56 Å². The minimum atomic E-state index is -0.160. The first-order valence-electron chi connectivity index (χ1n) is 10.6. The summed E-state index contributed by atoms with van der Waals surface area (Å²) in [5, 5.41) is 5.49. The average Bonchev–Trinajstić information content (AvgIpc) is 2.69. The van der Waals surface area contributed by atoms with E-state index in [1.54, 1.807) is 6.92 Å². The van der Waals surface area contributed by atoms with Crippen LogP contribution in [0.15, 0.2) is 42.5 Å². The van der Waals surface area contributed by atoms with Crippen LogP contribution < -0.4 is 5.32 Å². The maximum absolute atomic E-state index is 12.3. The monoisotopic (exact) mass is 386 g/mol. The quantitative estimate of drug-likeness (QED) is 0.646. The van der Waals surface area contributed by atoms with Crippen LogP contribution in [0.5, 0.6) is 0 Å². The zero-order valence-electron chi connectivity index (χ0n) is 18.5. The maximum atomic E-state index is 12.3. The second kappa shape index (κ2) is 9.23. The molecule has 1 saturated heterocycles. The highest BCUT2D eigenvalue weighted by Gasteiger charge is 2.54. The van der Waals surface area contributed by atoms with E-state index in [9.17, 15) is 4.79 Å². The van der Waals surface area contributed by atoms with Gasteiger partial charge in [0, 0.05) is 22.7 Å². The Balaban J connectivity index is 2.20. The molecule has 0 saturated carbocycles. The second-order valence-corrected chi connectivity index (χ2v) is 8.78. The minimum absolute atomic E-state index is 0.0489. The van der Waals surface area contributed by atoms with Crippen LogP contribution in [-0.4, -0.2) is 34.7 Å². The summed E-state index contributed by atoms with van der Waals surface area (Å²) < 4.78 is 0. The van der Waals surface area contributed by atoms with E-state index < -0.39 is 0 Å². The Labute approximate surface area is 171 Å². The van der Waals surface area contributed by atoms with E-state index >= 15 is 0 Å². The number of benzene rings is 1. The fourth-order valence-corrected chi connectivity index (χ4v) is 4.39. The zero-order chi connectivity index (χ0) is 20.9. The predicted molar refractivity (Wildman–Crippen MR) is 116 cm³/mol. The molecular weight excluding hydrogens is 348 g/mol. The molecule has 0 bridgehead atoms. The Kier molecular flexibility index (Phi) is 7.46. The smallest absolute Gasteiger partial charge is 0.246 e. The molecule has 1 aliphatic rings. The summed E-state index contributed by atoms with van der Waals surface area (Å²) in [5.74, 6) is 0.212. The minimum Gasteiger partial charge on any atom is -0.349 e. The van der Waals surface area contributed by atoms with Gasteiger partial charge >= 0.3 is 0 Å². The van der Waals surface area contributed by atoms with Crippen molar-refractivity contribution in [1.29, 1.82) is 0 Å². The molecule has 0 aliphatic carbocycles. The summed E-state index contributed by atoms with van der Waals surface area (Å²) in [6.45, 7) is 17.4. The first kappa shape index (κ1) is 22.6. The molecule has 2 rings (SSSR count). The number of nitrogens with one attached hydrogen (secondary N) is 1. The Morgan fingerprint density at radius 3 is 2.43 bits per heavy atom. The van der Waals surface area contributed by atoms with Gasteiger partial charge in [0.1, 0.15) is 0 Å². The third kappa shape index (κ3) is 4.66. The van der Waals surface area contributed by atoms with E-state index in [0.29, 0.717) is 12.2 Å². The molecular formula is C24H38N2O2. The number of nitrogens with zero attached hydrogens (tertiary/aromatic N) is 1. The summed E-state index contributed by atoms with van der Waals surface area (Å²) in [5.41, 5.74) is 1.55. The van der Waals surface area contributed by atoms with Crippen LogP contribution >= 0.6 is 0 Å². The predicted octanol–water partition coefficient (Wildman–Crippen LogP) is 4.90. The van der Waals surface area contributed by atoms with Crippen molar-refractivity contribution in [3.05, 3.63) is 48.0 Å². The molecule has 156 valence electrons. The third-order valence-electron chi connectivity index (χ3n) is 6.83. The lowest BCUT2D eigenvalue weighted by Gasteiger charge is -2.59. The van der Waals surface area contributed by atoms with Crippen molar-refractivity contribution in [3.63, 3.8) is 0 Å². The van der Waals surface area contributed by atoms with Crippen molar-refractivity contribution in [2.75, 3.05) is 6.61 Å². The lowest BCUT2D eigenvalue weighted by Crippen LogP contribution is -2.70. The number of hydroxylamine groups is 2. The lowest BCUT2D eigenvalue weighted by atomic mass is 9.68. The van der Waals surface area contributed by atoms with Crippen LogP contribution in [-0.2, 0) is 16.1 Å². The molecule has 0 spiro atoms. The van der Waals surface area contributed by atoms with Crippen molar-refractivity contribution < 1.29 is 9.63 Å². The van der Waals surface area contributed by atoms with Gasteiger partial charge in [-0.3, -0.25) is 9.63 Å². The highest BCUT2D eigenvalue weighted by atomic mass is 16.7. The summed E-state index contributed by atoms with van der Waals surface area (Å²) >= 11 is 0. The maximum Gasteiger partial charge on any atom is 0.246 e. The van der Waals surface area contributed by atoms with Crippen molar-refractivity contribution in [2.24, 2.45) is 5.92 Å². The Bertz CT molecular complexity index is 674. The second-order valence-electron chi connectivity index (χ2n) is 8.78. The molecule has 1 amide bonds. The van der Waals surface area contributed by atoms with E-state index in [2.05, 4.69) is 75.8 Å². The molecule has 1 aromatic carbocycles. The molecule has 1 heterocycles. The van der Waals surface area contributed by atoms with Crippen molar-refractivity contribution in [3.8, 4) is 0 Å². The Morgan fingerprint density at radius 2 is 1.89 bits per heavy atom. The zero-order valence-corrected chi connectivity index (χ0v) is 18.5. The van der Waals surface area contributed by atoms with Crippen LogP contribution in [0.3, 0.4) is 0 Å². The van der Waals surface area contributed by atoms with Gasteiger partial charge in [-0.15, -0.1) is 0 Å². The van der Waals surface area contributed by atoms with Crippen molar-refractivity contribution >= 4 is 5.91 Å². The van der Waals surface area contributed by atoms with E-state index in [1.807, 2.05) is 6.07 Å². The topological polar surface area (TPSA) is 41.6 Å². The number of amides is 1. The molecule has 0 radical (unpaired) electrons. The normalized spacial score (nSPS) is 30.8. The summed E-state index contributed by atoms with van der Waals surface area (Å²) in [6.07, 6.45) is 3.67. The number of carbonyl (C=O) groups excluding carboxylic acids is 1. The molecule has 28 heavy (non-hydrogen) atoms. The molecule has 4 nitrogen and oxygen atoms in total. The highest BCUT2D eigenvalue weighted by molar-refractivity contribution is 5.92. The number of hydrogen-bond acceptors (Lipinski definition) is 3. The van der Waals surface area contributed by atoms with Gasteiger partial charge in [0.25, 0.3) is 0 Å². The van der Waals surface area contributed by atoms with Gasteiger partial charge in [0.2, 0.25) is 5.91 Å². The lowest BCUT2D eigenvalue weighted by molar-refractivity contribution is -0.306. The third-order valence-corrected chi connectivity index (χ3v) is 6.83. The largest absolute Gasteiger partial charge is 0.349 e. The number of carbonyl (C=O) groups is 1. The van der Waals surface area contributed by atoms with Crippen molar-refractivity contribution in [1.82, 2.24) is 10.4 Å². The molecule has 1 fully saturated rings. The fraction of sp³-hybridized carbons (Fsp3) is 0.625.